The second-order valence-corrected chi connectivity index (χ2v) is 6.91. The van der Waals surface area contributed by atoms with Gasteiger partial charge >= 0.3 is 0 Å². The highest BCUT2D eigenvalue weighted by atomic mass is 16.1. The highest BCUT2D eigenvalue weighted by molar-refractivity contribution is 5.87. The van der Waals surface area contributed by atoms with E-state index in [1.165, 1.54) is 44.1 Å². The van der Waals surface area contributed by atoms with Gasteiger partial charge in [-0.05, 0) is 44.3 Å². The van der Waals surface area contributed by atoms with Crippen molar-refractivity contribution in [2.75, 3.05) is 13.1 Å². The van der Waals surface area contributed by atoms with E-state index in [1.54, 1.807) is 0 Å². The Morgan fingerprint density at radius 3 is 2.35 bits per heavy atom. The SMILES string of the molecule is CCCCCCC(CC)C(=O)[C@@H](c1ccccc1)N1CCCC1. The van der Waals surface area contributed by atoms with Gasteiger partial charge in [0.25, 0.3) is 0 Å². The Bertz CT molecular complexity index is 450. The molecule has 1 fully saturated rings. The molecular weight excluding hydrogens is 282 g/mol. The van der Waals surface area contributed by atoms with Crippen molar-refractivity contribution in [1.82, 2.24) is 4.90 Å². The number of rotatable bonds is 10. The maximum Gasteiger partial charge on any atom is 0.157 e. The van der Waals surface area contributed by atoms with Crippen LogP contribution in [0.3, 0.4) is 0 Å². The molecule has 0 bridgehead atoms. The molecule has 0 spiro atoms. The molecule has 2 heteroatoms. The minimum atomic E-state index is -0.0187. The van der Waals surface area contributed by atoms with Crippen LogP contribution < -0.4 is 0 Å². The third-order valence-corrected chi connectivity index (χ3v) is 5.19. The van der Waals surface area contributed by atoms with Crippen LogP contribution in [-0.4, -0.2) is 23.8 Å². The van der Waals surface area contributed by atoms with Gasteiger partial charge in [-0.25, -0.2) is 0 Å². The lowest BCUT2D eigenvalue weighted by molar-refractivity contribution is -0.128. The van der Waals surface area contributed by atoms with Gasteiger partial charge in [0.15, 0.2) is 5.78 Å². The van der Waals surface area contributed by atoms with Crippen LogP contribution in [0.4, 0.5) is 0 Å². The number of hydrogen-bond donors (Lipinski definition) is 0. The van der Waals surface area contributed by atoms with Crippen molar-refractivity contribution in [3.8, 4) is 0 Å². The zero-order chi connectivity index (χ0) is 16.5. The van der Waals surface area contributed by atoms with Crippen LogP contribution in [0.1, 0.15) is 76.8 Å². The topological polar surface area (TPSA) is 20.3 Å². The Morgan fingerprint density at radius 1 is 1.04 bits per heavy atom. The molecule has 0 amide bonds. The number of ketones is 1. The van der Waals surface area contributed by atoms with Crippen LogP contribution in [-0.2, 0) is 4.79 Å². The lowest BCUT2D eigenvalue weighted by atomic mass is 9.87. The summed E-state index contributed by atoms with van der Waals surface area (Å²) in [6.45, 7) is 6.55. The summed E-state index contributed by atoms with van der Waals surface area (Å²) in [6.07, 6.45) is 9.49. The summed E-state index contributed by atoms with van der Waals surface area (Å²) < 4.78 is 0. The highest BCUT2D eigenvalue weighted by Gasteiger charge is 2.32. The third kappa shape index (κ3) is 5.17. The maximum atomic E-state index is 13.3. The third-order valence-electron chi connectivity index (χ3n) is 5.19. The molecule has 1 saturated heterocycles. The molecule has 2 nitrogen and oxygen atoms in total. The second-order valence-electron chi connectivity index (χ2n) is 6.91. The summed E-state index contributed by atoms with van der Waals surface area (Å²) in [5.74, 6) is 0.676. The van der Waals surface area contributed by atoms with Crippen LogP contribution in [0.25, 0.3) is 0 Å². The molecule has 2 atom stereocenters. The molecule has 2 rings (SSSR count). The van der Waals surface area contributed by atoms with Crippen LogP contribution in [0.2, 0.25) is 0 Å². The van der Waals surface area contributed by atoms with Crippen molar-refractivity contribution in [2.45, 2.75) is 71.3 Å². The van der Waals surface area contributed by atoms with Gasteiger partial charge in [0.05, 0.1) is 6.04 Å². The van der Waals surface area contributed by atoms with Crippen LogP contribution >= 0.6 is 0 Å². The van der Waals surface area contributed by atoms with E-state index < -0.39 is 0 Å². The van der Waals surface area contributed by atoms with Gasteiger partial charge in [-0.3, -0.25) is 9.69 Å². The molecule has 0 aromatic heterocycles. The van der Waals surface area contributed by atoms with E-state index in [4.69, 9.17) is 0 Å². The molecule has 1 unspecified atom stereocenters. The Hall–Kier alpha value is -1.15. The predicted octanol–water partition coefficient (Wildman–Crippen LogP) is 5.39. The Labute approximate surface area is 142 Å². The standard InChI is InChI=1S/C21H33NO/c1-3-5-6-8-13-18(4-2)21(23)20(22-16-11-12-17-22)19-14-9-7-10-15-19/h7,9-10,14-15,18,20H,3-6,8,11-13,16-17H2,1-2H3/t18?,20-/m1/s1. The van der Waals surface area contributed by atoms with Gasteiger partial charge in [-0.15, -0.1) is 0 Å². The van der Waals surface area contributed by atoms with Crippen LogP contribution in [0.5, 0.6) is 0 Å². The minimum absolute atomic E-state index is 0.0187. The number of Topliss-reactive ketones (excluding diaryl/α,β-unsaturated/α-hetero) is 1. The monoisotopic (exact) mass is 315 g/mol. The fraction of sp³-hybridized carbons (Fsp3) is 0.667. The van der Waals surface area contributed by atoms with E-state index in [-0.39, 0.29) is 12.0 Å². The van der Waals surface area contributed by atoms with Gasteiger partial charge in [-0.2, -0.15) is 0 Å². The molecule has 1 aromatic carbocycles. The summed E-state index contributed by atoms with van der Waals surface area (Å²) >= 11 is 0. The number of likely N-dealkylation sites (tertiary alicyclic amines) is 1. The summed E-state index contributed by atoms with van der Waals surface area (Å²) in [6, 6.07) is 10.4. The summed E-state index contributed by atoms with van der Waals surface area (Å²) in [5.41, 5.74) is 1.19. The van der Waals surface area contributed by atoms with Gasteiger partial charge in [0.2, 0.25) is 0 Å². The lowest BCUT2D eigenvalue weighted by Crippen LogP contribution is -2.35. The van der Waals surface area contributed by atoms with Crippen molar-refractivity contribution in [1.29, 1.82) is 0 Å². The van der Waals surface area contributed by atoms with E-state index >= 15 is 0 Å². The highest BCUT2D eigenvalue weighted by Crippen LogP contribution is 2.31. The smallest absolute Gasteiger partial charge is 0.157 e. The Balaban J connectivity index is 2.08. The number of carbonyl (C=O) groups is 1. The Morgan fingerprint density at radius 2 is 1.74 bits per heavy atom. The van der Waals surface area contributed by atoms with E-state index in [0.717, 1.165) is 25.9 Å². The maximum absolute atomic E-state index is 13.3. The number of benzene rings is 1. The van der Waals surface area contributed by atoms with Crippen molar-refractivity contribution < 1.29 is 4.79 Å². The zero-order valence-electron chi connectivity index (χ0n) is 15.0. The summed E-state index contributed by atoms with van der Waals surface area (Å²) in [5, 5.41) is 0. The molecule has 23 heavy (non-hydrogen) atoms. The van der Waals surface area contributed by atoms with Gasteiger partial charge in [0.1, 0.15) is 0 Å². The predicted molar refractivity (Wildman–Crippen MR) is 97.5 cm³/mol. The zero-order valence-corrected chi connectivity index (χ0v) is 15.0. The number of hydrogen-bond acceptors (Lipinski definition) is 2. The fourth-order valence-corrected chi connectivity index (χ4v) is 3.78. The van der Waals surface area contributed by atoms with Crippen LogP contribution in [0.15, 0.2) is 30.3 Å². The van der Waals surface area contributed by atoms with Crippen molar-refractivity contribution in [2.24, 2.45) is 5.92 Å². The van der Waals surface area contributed by atoms with Crippen molar-refractivity contribution >= 4 is 5.78 Å². The average molecular weight is 316 g/mol. The summed E-state index contributed by atoms with van der Waals surface area (Å²) in [4.78, 5) is 15.7. The van der Waals surface area contributed by atoms with Crippen molar-refractivity contribution in [3.05, 3.63) is 35.9 Å². The molecule has 128 valence electrons. The minimum Gasteiger partial charge on any atom is -0.297 e. The quantitative estimate of drug-likeness (QED) is 0.540. The van der Waals surface area contributed by atoms with Gasteiger partial charge in [0, 0.05) is 5.92 Å². The molecule has 1 aliphatic rings. The molecule has 1 aromatic rings. The fourth-order valence-electron chi connectivity index (χ4n) is 3.78. The average Bonchev–Trinajstić information content (AvgIpc) is 3.10. The van der Waals surface area contributed by atoms with Crippen molar-refractivity contribution in [3.63, 3.8) is 0 Å². The van der Waals surface area contributed by atoms with Gasteiger partial charge in [-0.1, -0.05) is 69.9 Å². The van der Waals surface area contributed by atoms with E-state index in [9.17, 15) is 4.79 Å². The van der Waals surface area contributed by atoms with Crippen LogP contribution in [0, 0.1) is 5.92 Å². The molecule has 0 N–H and O–H groups in total. The molecule has 0 saturated carbocycles. The van der Waals surface area contributed by atoms with E-state index in [1.807, 2.05) is 6.07 Å². The molecule has 0 aliphatic carbocycles. The Kier molecular flexibility index (Phi) is 7.81. The first-order valence-electron chi connectivity index (χ1n) is 9.60. The summed E-state index contributed by atoms with van der Waals surface area (Å²) in [7, 11) is 0. The normalized spacial score (nSPS) is 18.0. The number of carbonyl (C=O) groups excluding carboxylic acids is 1. The number of nitrogens with zero attached hydrogens (tertiary/aromatic N) is 1. The molecular formula is C21H33NO. The molecule has 0 radical (unpaired) electrons. The number of unbranched alkanes of at least 4 members (excludes halogenated alkanes) is 3. The first-order valence-corrected chi connectivity index (χ1v) is 9.60. The molecule has 1 heterocycles. The lowest BCUT2D eigenvalue weighted by Gasteiger charge is -2.30. The van der Waals surface area contributed by atoms with Gasteiger partial charge < -0.3 is 0 Å². The first-order chi connectivity index (χ1) is 11.3. The first kappa shape index (κ1) is 18.2. The van der Waals surface area contributed by atoms with E-state index in [2.05, 4.69) is 43.0 Å². The second kappa shape index (κ2) is 9.87. The largest absolute Gasteiger partial charge is 0.297 e. The molecule has 1 aliphatic heterocycles. The van der Waals surface area contributed by atoms with E-state index in [0.29, 0.717) is 5.78 Å².